The summed E-state index contributed by atoms with van der Waals surface area (Å²) < 4.78 is 30.4. The van der Waals surface area contributed by atoms with Crippen LogP contribution in [0.25, 0.3) is 0 Å². The fourth-order valence-corrected chi connectivity index (χ4v) is 9.03. The first-order valence-corrected chi connectivity index (χ1v) is 11.6. The first kappa shape index (κ1) is 20.5. The van der Waals surface area contributed by atoms with Gasteiger partial charge in [0.2, 0.25) is 0 Å². The van der Waals surface area contributed by atoms with Gasteiger partial charge in [-0.2, -0.15) is 0 Å². The van der Waals surface area contributed by atoms with Gasteiger partial charge in [-0.25, -0.2) is 5.26 Å². The molecule has 4 saturated carbocycles. The van der Waals surface area contributed by atoms with Crippen LogP contribution in [0.4, 0.5) is 0 Å². The number of hydrogen-bond acceptors (Lipinski definition) is 8. The van der Waals surface area contributed by atoms with Crippen molar-refractivity contribution in [3.05, 3.63) is 0 Å². The molecule has 0 radical (unpaired) electrons. The summed E-state index contributed by atoms with van der Waals surface area (Å²) in [5.74, 6) is 0.137. The molecule has 4 saturated heterocycles. The van der Waals surface area contributed by atoms with Gasteiger partial charge in [-0.05, 0) is 31.1 Å². The highest BCUT2D eigenvalue weighted by Crippen LogP contribution is 2.72. The monoisotopic (exact) mass is 433 g/mol. The van der Waals surface area contributed by atoms with Crippen LogP contribution in [0.5, 0.6) is 0 Å². The molecule has 8 fully saturated rings. The SMILES string of the molecule is C#N.CC12CC(=O)C3C(CCC45CC6OC(OC(C6O)C34C)O5)C1CCC21OCCO1. The van der Waals surface area contributed by atoms with E-state index in [0.717, 1.165) is 25.7 Å². The smallest absolute Gasteiger partial charge is 0.272 e. The Kier molecular flexibility index (Phi) is 4.16. The number of fused-ring (bicyclic) bond motifs is 4. The number of aliphatic hydroxyl groups excluding tert-OH is 1. The highest BCUT2D eigenvalue weighted by molar-refractivity contribution is 5.85. The van der Waals surface area contributed by atoms with Crippen molar-refractivity contribution in [2.75, 3.05) is 13.2 Å². The molecule has 31 heavy (non-hydrogen) atoms. The van der Waals surface area contributed by atoms with Gasteiger partial charge in [-0.3, -0.25) is 4.79 Å². The molecule has 170 valence electrons. The summed E-state index contributed by atoms with van der Waals surface area (Å²) in [5.41, 5.74) is -1.25. The Morgan fingerprint density at radius 2 is 1.84 bits per heavy atom. The number of rotatable bonds is 0. The van der Waals surface area contributed by atoms with Crippen molar-refractivity contribution in [3.63, 3.8) is 0 Å². The Hall–Kier alpha value is -1.08. The Labute approximate surface area is 182 Å². The maximum Gasteiger partial charge on any atom is 0.272 e. The number of aliphatic hydroxyl groups is 1. The molecule has 0 amide bonds. The van der Waals surface area contributed by atoms with Crippen molar-refractivity contribution in [3.8, 4) is 6.57 Å². The summed E-state index contributed by atoms with van der Waals surface area (Å²) in [5, 5.41) is 17.5. The lowest BCUT2D eigenvalue weighted by atomic mass is 9.41. The van der Waals surface area contributed by atoms with Crippen molar-refractivity contribution < 1.29 is 33.6 Å². The van der Waals surface area contributed by atoms with Crippen LogP contribution in [0.15, 0.2) is 0 Å². The maximum atomic E-state index is 13.9. The topological polar surface area (TPSA) is 107 Å². The third-order valence-corrected chi connectivity index (χ3v) is 10.2. The van der Waals surface area contributed by atoms with Gasteiger partial charge in [0.05, 0.1) is 24.9 Å². The van der Waals surface area contributed by atoms with Crippen molar-refractivity contribution in [2.24, 2.45) is 28.6 Å². The molecule has 4 bridgehead atoms. The largest absolute Gasteiger partial charge is 0.388 e. The Bertz CT molecular complexity index is 826. The van der Waals surface area contributed by atoms with Gasteiger partial charge in [-0.1, -0.05) is 13.8 Å². The molecule has 10 atom stereocenters. The van der Waals surface area contributed by atoms with Crippen LogP contribution in [0, 0.1) is 40.4 Å². The molecule has 8 nitrogen and oxygen atoms in total. The van der Waals surface area contributed by atoms with Gasteiger partial charge in [0.1, 0.15) is 18.0 Å². The number of carbonyl (C=O) groups excluding carboxylic acids is 1. The summed E-state index contributed by atoms with van der Waals surface area (Å²) in [6.45, 7) is 8.38. The minimum Gasteiger partial charge on any atom is -0.388 e. The van der Waals surface area contributed by atoms with E-state index in [1.807, 2.05) is 0 Å². The predicted molar refractivity (Wildman–Crippen MR) is 104 cm³/mol. The average Bonchev–Trinajstić information content (AvgIpc) is 3.34. The van der Waals surface area contributed by atoms with Crippen LogP contribution < -0.4 is 0 Å². The van der Waals surface area contributed by atoms with E-state index in [4.69, 9.17) is 28.9 Å². The van der Waals surface area contributed by atoms with E-state index in [9.17, 15) is 9.90 Å². The van der Waals surface area contributed by atoms with E-state index in [-0.39, 0.29) is 29.1 Å². The third kappa shape index (κ3) is 2.14. The van der Waals surface area contributed by atoms with Crippen LogP contribution in [-0.4, -0.2) is 60.3 Å². The van der Waals surface area contributed by atoms with Gasteiger partial charge < -0.3 is 28.8 Å². The third-order valence-electron chi connectivity index (χ3n) is 10.2. The lowest BCUT2D eigenvalue weighted by molar-refractivity contribution is -0.512. The number of hydrogen-bond donors (Lipinski definition) is 1. The number of nitriles is 1. The van der Waals surface area contributed by atoms with E-state index in [0.29, 0.717) is 32.0 Å². The summed E-state index contributed by atoms with van der Waals surface area (Å²) in [6, 6.07) is 0. The van der Waals surface area contributed by atoms with Gasteiger partial charge in [0.15, 0.2) is 5.79 Å². The highest BCUT2D eigenvalue weighted by Gasteiger charge is 2.78. The van der Waals surface area contributed by atoms with E-state index < -0.39 is 35.5 Å². The minimum absolute atomic E-state index is 0.162. The second-order valence-electron chi connectivity index (χ2n) is 10.9. The van der Waals surface area contributed by atoms with E-state index in [1.54, 1.807) is 0 Å². The van der Waals surface area contributed by atoms with Crippen LogP contribution in [0.1, 0.15) is 52.4 Å². The minimum atomic E-state index is -0.704. The number of Topliss-reactive ketones (excluding diaryl/α,β-unsaturated/α-hetero) is 1. The maximum absolute atomic E-state index is 13.9. The first-order chi connectivity index (χ1) is 14.8. The van der Waals surface area contributed by atoms with Crippen LogP contribution in [0.2, 0.25) is 0 Å². The molecule has 8 aliphatic rings. The summed E-state index contributed by atoms with van der Waals surface area (Å²) >= 11 is 0. The van der Waals surface area contributed by atoms with E-state index in [1.165, 1.54) is 0 Å². The lowest BCUT2D eigenvalue weighted by Crippen LogP contribution is -2.81. The van der Waals surface area contributed by atoms with Crippen LogP contribution in [-0.2, 0) is 28.5 Å². The Balaban J connectivity index is 0.000000902. The second kappa shape index (κ2) is 6.28. The number of carbonyl (C=O) groups is 1. The standard InChI is InChI=1S/C22H30O7.CHN/c1-19-9-13(23)15-11(12(19)4-6-22(19)25-7-8-26-22)3-5-21-10-14-16(24)17(20(15,21)2)28-18(27-14)29-21;1-2/h11-12,14-18,24H,3-10H2,1-2H3;1H. The van der Waals surface area contributed by atoms with Crippen LogP contribution >= 0.6 is 0 Å². The zero-order chi connectivity index (χ0) is 21.8. The molecule has 10 unspecified atom stereocenters. The van der Waals surface area contributed by atoms with Crippen molar-refractivity contribution in [1.29, 1.82) is 5.26 Å². The number of nitrogens with zero attached hydrogens (tertiary/aromatic N) is 1. The predicted octanol–water partition coefficient (Wildman–Crippen LogP) is 1.89. The molecule has 4 aliphatic carbocycles. The summed E-state index contributed by atoms with van der Waals surface area (Å²) in [6.07, 6.45) is 3.49. The molecular formula is C23H31NO7. The number of ketones is 1. The van der Waals surface area contributed by atoms with E-state index >= 15 is 0 Å². The molecule has 4 heterocycles. The fourth-order valence-electron chi connectivity index (χ4n) is 9.03. The van der Waals surface area contributed by atoms with Gasteiger partial charge in [-0.15, -0.1) is 0 Å². The van der Waals surface area contributed by atoms with Gasteiger partial charge in [0.25, 0.3) is 6.48 Å². The van der Waals surface area contributed by atoms with Gasteiger partial charge >= 0.3 is 0 Å². The lowest BCUT2D eigenvalue weighted by Gasteiger charge is -2.72. The molecular weight excluding hydrogens is 402 g/mol. The molecule has 8 rings (SSSR count). The Morgan fingerprint density at radius 3 is 2.58 bits per heavy atom. The zero-order valence-corrected chi connectivity index (χ0v) is 18.1. The molecule has 8 heteroatoms. The normalized spacial score (nSPS) is 57.7. The molecule has 4 aliphatic heterocycles. The quantitative estimate of drug-likeness (QED) is 0.617. The summed E-state index contributed by atoms with van der Waals surface area (Å²) in [4.78, 5) is 13.9. The molecule has 0 aromatic rings. The summed E-state index contributed by atoms with van der Waals surface area (Å²) in [7, 11) is 0. The molecule has 2 spiro atoms. The zero-order valence-electron chi connectivity index (χ0n) is 18.1. The van der Waals surface area contributed by atoms with Gasteiger partial charge in [0, 0.05) is 42.6 Å². The first-order valence-electron chi connectivity index (χ1n) is 11.6. The van der Waals surface area contributed by atoms with Crippen LogP contribution in [0.3, 0.4) is 0 Å². The number of ether oxygens (including phenoxy) is 5. The van der Waals surface area contributed by atoms with Crippen molar-refractivity contribution in [1.82, 2.24) is 0 Å². The van der Waals surface area contributed by atoms with E-state index in [2.05, 4.69) is 20.4 Å². The highest BCUT2D eigenvalue weighted by atomic mass is 16.9. The Morgan fingerprint density at radius 1 is 1.10 bits per heavy atom. The molecule has 0 aromatic carbocycles. The molecule has 1 N–H and O–H groups in total. The second-order valence-corrected chi connectivity index (χ2v) is 10.9. The fraction of sp³-hybridized carbons (Fsp3) is 0.913. The van der Waals surface area contributed by atoms with Crippen molar-refractivity contribution in [2.45, 2.75) is 88.5 Å². The molecule has 0 aromatic heterocycles. The average molecular weight is 434 g/mol. The van der Waals surface area contributed by atoms with Crippen molar-refractivity contribution >= 4 is 5.78 Å².